The zero-order valence-electron chi connectivity index (χ0n) is 12.5. The number of para-hydroxylation sites is 1. The molecule has 0 spiro atoms. The predicted molar refractivity (Wildman–Crippen MR) is 89.6 cm³/mol. The fourth-order valence-electron chi connectivity index (χ4n) is 1.50. The van der Waals surface area contributed by atoms with Crippen molar-refractivity contribution in [1.82, 2.24) is 0 Å². The summed E-state index contributed by atoms with van der Waals surface area (Å²) in [6.07, 6.45) is 8.14. The van der Waals surface area contributed by atoms with Crippen molar-refractivity contribution in [1.29, 1.82) is 0 Å². The summed E-state index contributed by atoms with van der Waals surface area (Å²) < 4.78 is 0. The van der Waals surface area contributed by atoms with E-state index in [0.717, 1.165) is 22.4 Å². The number of carbonyl (C=O) groups excluding carboxylic acids is 1. The van der Waals surface area contributed by atoms with Crippen LogP contribution >= 0.6 is 0 Å². The topological polar surface area (TPSA) is 29.1 Å². The van der Waals surface area contributed by atoms with Gasteiger partial charge in [-0.2, -0.15) is 0 Å². The average molecular weight is 269 g/mol. The molecule has 0 saturated carbocycles. The molecule has 0 radical (unpaired) electrons. The highest BCUT2D eigenvalue weighted by atomic mass is 16.1. The monoisotopic (exact) mass is 269 g/mol. The molecular formula is C18H23NO. The lowest BCUT2D eigenvalue weighted by atomic mass is 10.1. The Hall–Kier alpha value is -2.35. The lowest BCUT2D eigenvalue weighted by Crippen LogP contribution is -1.95. The maximum absolute atomic E-state index is 10.5. The molecule has 0 aliphatic carbocycles. The summed E-state index contributed by atoms with van der Waals surface area (Å²) in [5.41, 5.74) is 3.79. The molecule has 0 heterocycles. The van der Waals surface area contributed by atoms with Crippen LogP contribution in [-0.4, -0.2) is 6.41 Å². The fourth-order valence-corrected chi connectivity index (χ4v) is 1.50. The minimum atomic E-state index is 0.673. The van der Waals surface area contributed by atoms with Crippen LogP contribution in [0.2, 0.25) is 0 Å². The molecule has 0 aliphatic rings. The van der Waals surface area contributed by atoms with Crippen molar-refractivity contribution in [2.24, 2.45) is 0 Å². The van der Waals surface area contributed by atoms with Gasteiger partial charge in [-0.05, 0) is 29.7 Å². The highest BCUT2D eigenvalue weighted by Crippen LogP contribution is 2.18. The molecule has 0 aromatic heterocycles. The highest BCUT2D eigenvalue weighted by Gasteiger charge is 1.97. The first-order valence-corrected chi connectivity index (χ1v) is 6.66. The molecule has 106 valence electrons. The van der Waals surface area contributed by atoms with Gasteiger partial charge in [0.05, 0.1) is 0 Å². The van der Waals surface area contributed by atoms with Crippen LogP contribution in [0.25, 0.3) is 6.08 Å². The van der Waals surface area contributed by atoms with E-state index in [-0.39, 0.29) is 0 Å². The first-order valence-electron chi connectivity index (χ1n) is 6.66. The van der Waals surface area contributed by atoms with E-state index in [1.54, 1.807) is 12.2 Å². The molecule has 1 aromatic carbocycles. The van der Waals surface area contributed by atoms with Crippen LogP contribution in [0.4, 0.5) is 5.69 Å². The summed E-state index contributed by atoms with van der Waals surface area (Å²) in [5.74, 6) is 0. The molecule has 0 aliphatic heterocycles. The number of carbonyl (C=O) groups is 1. The minimum Gasteiger partial charge on any atom is -0.328 e. The molecule has 0 bridgehead atoms. The summed E-state index contributed by atoms with van der Waals surface area (Å²) in [7, 11) is 0. The van der Waals surface area contributed by atoms with Crippen LogP contribution < -0.4 is 5.32 Å². The molecule has 1 aromatic rings. The molecule has 1 amide bonds. The van der Waals surface area contributed by atoms with Crippen molar-refractivity contribution in [2.45, 2.75) is 20.8 Å². The van der Waals surface area contributed by atoms with Gasteiger partial charge in [0, 0.05) is 5.69 Å². The molecule has 2 nitrogen and oxygen atoms in total. The Bertz CT molecular complexity index is 510. The molecule has 0 saturated heterocycles. The van der Waals surface area contributed by atoms with Crippen LogP contribution in [-0.2, 0) is 4.79 Å². The third-order valence-corrected chi connectivity index (χ3v) is 2.60. The summed E-state index contributed by atoms with van der Waals surface area (Å²) in [4.78, 5) is 10.5. The zero-order chi connectivity index (χ0) is 15.4. The van der Waals surface area contributed by atoms with Gasteiger partial charge in [0.25, 0.3) is 0 Å². The number of rotatable bonds is 6. The standard InChI is InChI=1S/C16H17NO.C2H6/c1-4-13(3)14(5-2)10-11-15-8-6-7-9-16(15)17-12-18;1-2/h4-12H,1-2H2,3H3,(H,17,18);1-2H3/b11-10-,14-13+;. The number of hydrogen-bond acceptors (Lipinski definition) is 1. The van der Waals surface area contributed by atoms with E-state index < -0.39 is 0 Å². The highest BCUT2D eigenvalue weighted by molar-refractivity contribution is 5.78. The lowest BCUT2D eigenvalue weighted by molar-refractivity contribution is -0.105. The van der Waals surface area contributed by atoms with Crippen LogP contribution in [0.1, 0.15) is 26.3 Å². The summed E-state index contributed by atoms with van der Waals surface area (Å²) in [5, 5.41) is 2.67. The fraction of sp³-hybridized carbons (Fsp3) is 0.167. The van der Waals surface area contributed by atoms with E-state index in [2.05, 4.69) is 18.5 Å². The number of amides is 1. The zero-order valence-corrected chi connectivity index (χ0v) is 12.5. The Morgan fingerprint density at radius 2 is 1.80 bits per heavy atom. The number of nitrogens with one attached hydrogen (secondary N) is 1. The van der Waals surface area contributed by atoms with Crippen molar-refractivity contribution in [3.8, 4) is 0 Å². The largest absolute Gasteiger partial charge is 0.328 e. The van der Waals surface area contributed by atoms with Crippen LogP contribution in [0.5, 0.6) is 0 Å². The Morgan fingerprint density at radius 3 is 2.35 bits per heavy atom. The predicted octanol–water partition coefficient (Wildman–Crippen LogP) is 4.98. The smallest absolute Gasteiger partial charge is 0.211 e. The van der Waals surface area contributed by atoms with Crippen LogP contribution in [0.3, 0.4) is 0 Å². The third kappa shape index (κ3) is 5.53. The van der Waals surface area contributed by atoms with Crippen molar-refractivity contribution >= 4 is 18.2 Å². The van der Waals surface area contributed by atoms with Crippen LogP contribution in [0.15, 0.2) is 66.8 Å². The van der Waals surface area contributed by atoms with Gasteiger partial charge in [0.15, 0.2) is 0 Å². The summed E-state index contributed by atoms with van der Waals surface area (Å²) in [6.45, 7) is 13.5. The molecule has 2 heteroatoms. The number of benzene rings is 1. The van der Waals surface area contributed by atoms with Gasteiger partial charge in [-0.15, -0.1) is 0 Å². The van der Waals surface area contributed by atoms with Gasteiger partial charge in [0.1, 0.15) is 0 Å². The summed E-state index contributed by atoms with van der Waals surface area (Å²) >= 11 is 0. The number of anilines is 1. The van der Waals surface area contributed by atoms with Crippen molar-refractivity contribution in [3.63, 3.8) is 0 Å². The molecule has 0 fully saturated rings. The molecule has 20 heavy (non-hydrogen) atoms. The van der Waals surface area contributed by atoms with Gasteiger partial charge in [0.2, 0.25) is 6.41 Å². The first-order chi connectivity index (χ1) is 9.72. The molecule has 1 rings (SSSR count). The van der Waals surface area contributed by atoms with E-state index in [1.165, 1.54) is 0 Å². The maximum atomic E-state index is 10.5. The van der Waals surface area contributed by atoms with Crippen molar-refractivity contribution < 1.29 is 4.79 Å². The molecule has 1 N–H and O–H groups in total. The Balaban J connectivity index is 0.00000172. The second-order valence-electron chi connectivity index (χ2n) is 3.73. The molecule has 0 unspecified atom stereocenters. The minimum absolute atomic E-state index is 0.673. The van der Waals surface area contributed by atoms with E-state index in [0.29, 0.717) is 6.41 Å². The summed E-state index contributed by atoms with van der Waals surface area (Å²) in [6, 6.07) is 7.59. The van der Waals surface area contributed by atoms with Gasteiger partial charge in [-0.3, -0.25) is 4.79 Å². The Morgan fingerprint density at radius 1 is 1.15 bits per heavy atom. The van der Waals surface area contributed by atoms with Gasteiger partial charge in [-0.25, -0.2) is 0 Å². The number of allylic oxidation sites excluding steroid dienone is 5. The van der Waals surface area contributed by atoms with Crippen molar-refractivity contribution in [3.05, 3.63) is 72.4 Å². The average Bonchev–Trinajstić information content (AvgIpc) is 2.51. The van der Waals surface area contributed by atoms with E-state index in [1.807, 2.05) is 57.2 Å². The van der Waals surface area contributed by atoms with Gasteiger partial charge in [-0.1, -0.05) is 69.5 Å². The first kappa shape index (κ1) is 17.6. The van der Waals surface area contributed by atoms with E-state index >= 15 is 0 Å². The Kier molecular flexibility index (Phi) is 9.32. The quantitative estimate of drug-likeness (QED) is 0.572. The number of hydrogen-bond donors (Lipinski definition) is 1. The molecule has 0 atom stereocenters. The van der Waals surface area contributed by atoms with Gasteiger partial charge >= 0.3 is 0 Å². The SMILES string of the molecule is C=C/C(C)=C(C=C)/C=C\c1ccccc1NC=O.CC. The van der Waals surface area contributed by atoms with Crippen molar-refractivity contribution in [2.75, 3.05) is 5.32 Å². The maximum Gasteiger partial charge on any atom is 0.211 e. The third-order valence-electron chi connectivity index (χ3n) is 2.60. The normalized spacial score (nSPS) is 10.9. The second kappa shape index (κ2) is 10.6. The second-order valence-corrected chi connectivity index (χ2v) is 3.73. The van der Waals surface area contributed by atoms with Gasteiger partial charge < -0.3 is 5.32 Å². The van der Waals surface area contributed by atoms with E-state index in [9.17, 15) is 4.79 Å². The lowest BCUT2D eigenvalue weighted by Gasteiger charge is -2.04. The van der Waals surface area contributed by atoms with Crippen LogP contribution in [0, 0.1) is 0 Å². The Labute approximate surface area is 122 Å². The molecular weight excluding hydrogens is 246 g/mol. The van der Waals surface area contributed by atoms with E-state index in [4.69, 9.17) is 0 Å².